The number of nitrogens with one attached hydrogen (secondary N) is 1. The molecule has 0 radical (unpaired) electrons. The number of likely N-dealkylation sites (tertiary alicyclic amines) is 1. The summed E-state index contributed by atoms with van der Waals surface area (Å²) in [6, 6.07) is 6.03. The quantitative estimate of drug-likeness (QED) is 0.639. The Morgan fingerprint density at radius 3 is 2.73 bits per heavy atom. The van der Waals surface area contributed by atoms with E-state index in [1.165, 1.54) is 18.1 Å². The van der Waals surface area contributed by atoms with E-state index in [0.717, 1.165) is 11.1 Å². The van der Waals surface area contributed by atoms with Crippen molar-refractivity contribution in [2.75, 3.05) is 20.2 Å². The topological polar surface area (TPSA) is 109 Å². The molecule has 2 aliphatic carbocycles. The lowest BCUT2D eigenvalue weighted by molar-refractivity contribution is -0.196. The van der Waals surface area contributed by atoms with Crippen LogP contribution in [-0.2, 0) is 24.7 Å². The van der Waals surface area contributed by atoms with Crippen molar-refractivity contribution in [2.24, 2.45) is 5.73 Å². The highest BCUT2D eigenvalue weighted by Crippen LogP contribution is 2.57. The van der Waals surface area contributed by atoms with E-state index in [1.807, 2.05) is 12.1 Å². The molecule has 4 N–H and O–H groups in total. The molecule has 2 bridgehead atoms. The number of aromatic amines is 1. The highest BCUT2D eigenvalue weighted by Gasteiger charge is 2.65. The SMILES string of the molecule is COc1ccc2c(c1)C13CCN(CC(F)(F)F)C(C2)C1(O)Cc1cc(C(N)=O)c(=O)[nH]c1C3. The Morgan fingerprint density at radius 1 is 1.30 bits per heavy atom. The number of pyridine rings is 1. The average molecular weight is 463 g/mol. The molecule has 3 atom stereocenters. The summed E-state index contributed by atoms with van der Waals surface area (Å²) in [5.74, 6) is -0.311. The minimum Gasteiger partial charge on any atom is -0.497 e. The number of carbonyl (C=O) groups excluding carboxylic acids is 1. The van der Waals surface area contributed by atoms with E-state index >= 15 is 0 Å². The van der Waals surface area contributed by atoms with Crippen molar-refractivity contribution in [2.45, 2.75) is 48.9 Å². The van der Waals surface area contributed by atoms with E-state index in [4.69, 9.17) is 10.5 Å². The number of carbonyl (C=O) groups is 1. The number of primary amides is 1. The molecule has 2 aromatic rings. The van der Waals surface area contributed by atoms with Gasteiger partial charge in [0.15, 0.2) is 0 Å². The first kappa shape index (κ1) is 22.0. The van der Waals surface area contributed by atoms with Crippen LogP contribution >= 0.6 is 0 Å². The fraction of sp³-hybridized carbons (Fsp3) is 0.478. The number of fused-ring (bicyclic) bond motifs is 2. The summed E-state index contributed by atoms with van der Waals surface area (Å²) >= 11 is 0. The van der Waals surface area contributed by atoms with Crippen LogP contribution in [0.4, 0.5) is 13.2 Å². The second kappa shape index (κ2) is 7.07. The van der Waals surface area contributed by atoms with Crippen molar-refractivity contribution in [3.05, 3.63) is 62.6 Å². The molecule has 7 nitrogen and oxygen atoms in total. The van der Waals surface area contributed by atoms with Crippen molar-refractivity contribution < 1.29 is 27.8 Å². The molecule has 1 saturated heterocycles. The molecule has 1 fully saturated rings. The zero-order valence-electron chi connectivity index (χ0n) is 18.0. The van der Waals surface area contributed by atoms with Crippen molar-refractivity contribution >= 4 is 5.91 Å². The summed E-state index contributed by atoms with van der Waals surface area (Å²) in [5.41, 5.74) is 4.79. The maximum Gasteiger partial charge on any atom is 0.401 e. The second-order valence-electron chi connectivity index (χ2n) is 9.32. The Morgan fingerprint density at radius 2 is 2.06 bits per heavy atom. The van der Waals surface area contributed by atoms with Gasteiger partial charge in [-0.05, 0) is 54.3 Å². The van der Waals surface area contributed by atoms with Gasteiger partial charge in [-0.15, -0.1) is 0 Å². The van der Waals surface area contributed by atoms with E-state index in [9.17, 15) is 27.9 Å². The molecule has 10 heteroatoms. The number of rotatable bonds is 3. The zero-order valence-corrected chi connectivity index (χ0v) is 18.0. The summed E-state index contributed by atoms with van der Waals surface area (Å²) in [4.78, 5) is 28.2. The van der Waals surface area contributed by atoms with Crippen LogP contribution in [0.1, 0.15) is 39.2 Å². The number of aliphatic hydroxyl groups is 1. The lowest BCUT2D eigenvalue weighted by Crippen LogP contribution is -2.74. The predicted octanol–water partition coefficient (Wildman–Crippen LogP) is 1.44. The van der Waals surface area contributed by atoms with Gasteiger partial charge in [-0.2, -0.15) is 13.2 Å². The molecule has 3 unspecified atom stereocenters. The minimum absolute atomic E-state index is 0.00489. The van der Waals surface area contributed by atoms with Crippen molar-refractivity contribution in [3.8, 4) is 5.75 Å². The third-order valence-corrected chi connectivity index (χ3v) is 7.69. The summed E-state index contributed by atoms with van der Waals surface area (Å²) < 4.78 is 45.6. The Hall–Kier alpha value is -2.85. The molecular formula is C23H24F3N3O4. The lowest BCUT2D eigenvalue weighted by atomic mass is 9.49. The number of H-pyrrole nitrogens is 1. The van der Waals surface area contributed by atoms with Crippen molar-refractivity contribution in [3.63, 3.8) is 0 Å². The van der Waals surface area contributed by atoms with Gasteiger partial charge in [-0.1, -0.05) is 6.07 Å². The number of ether oxygens (including phenoxy) is 1. The van der Waals surface area contributed by atoms with Crippen LogP contribution in [0.3, 0.4) is 0 Å². The van der Waals surface area contributed by atoms with Crippen LogP contribution in [0.15, 0.2) is 29.1 Å². The molecule has 1 aromatic carbocycles. The van der Waals surface area contributed by atoms with Crippen LogP contribution in [0, 0.1) is 0 Å². The molecule has 176 valence electrons. The fourth-order valence-corrected chi connectivity index (χ4v) is 6.25. The van der Waals surface area contributed by atoms with Crippen LogP contribution in [0.25, 0.3) is 0 Å². The molecular weight excluding hydrogens is 439 g/mol. The van der Waals surface area contributed by atoms with Crippen LogP contribution < -0.4 is 16.0 Å². The predicted molar refractivity (Wildman–Crippen MR) is 112 cm³/mol. The number of halogens is 3. The van der Waals surface area contributed by atoms with Crippen molar-refractivity contribution in [1.29, 1.82) is 0 Å². The Labute approximate surface area is 187 Å². The van der Waals surface area contributed by atoms with Gasteiger partial charge in [0, 0.05) is 30.0 Å². The fourth-order valence-electron chi connectivity index (χ4n) is 6.25. The second-order valence-corrected chi connectivity index (χ2v) is 9.32. The monoisotopic (exact) mass is 463 g/mol. The third-order valence-electron chi connectivity index (χ3n) is 7.69. The number of alkyl halides is 3. The number of benzene rings is 1. The Kier molecular flexibility index (Phi) is 4.71. The first-order valence-corrected chi connectivity index (χ1v) is 10.7. The molecule has 0 saturated carbocycles. The van der Waals surface area contributed by atoms with Gasteiger partial charge in [0.05, 0.1) is 19.3 Å². The number of piperidine rings is 1. The van der Waals surface area contributed by atoms with E-state index in [1.54, 1.807) is 6.07 Å². The van der Waals surface area contributed by atoms with E-state index in [0.29, 0.717) is 17.0 Å². The minimum atomic E-state index is -4.41. The molecule has 1 aromatic heterocycles. The van der Waals surface area contributed by atoms with Crippen LogP contribution in [0.5, 0.6) is 5.75 Å². The zero-order chi connectivity index (χ0) is 23.8. The average Bonchev–Trinajstić information content (AvgIpc) is 2.72. The van der Waals surface area contributed by atoms with E-state index in [2.05, 4.69) is 4.98 Å². The number of aromatic nitrogens is 1. The standard InChI is InChI=1S/C23H24F3N3O4/c1-33-14-3-2-12-7-18-22(32)9-13-6-15(19(27)30)20(31)28-17(13)10-21(22,16(12)8-14)4-5-29(18)11-23(24,25)26/h2-3,6,8,18,32H,4-5,7,9-11H2,1H3,(H2,27,30)(H,28,31). The van der Waals surface area contributed by atoms with E-state index < -0.39 is 41.2 Å². The smallest absolute Gasteiger partial charge is 0.401 e. The van der Waals surface area contributed by atoms with Gasteiger partial charge in [0.2, 0.25) is 0 Å². The van der Waals surface area contributed by atoms with Crippen molar-refractivity contribution in [1.82, 2.24) is 9.88 Å². The molecule has 33 heavy (non-hydrogen) atoms. The summed E-state index contributed by atoms with van der Waals surface area (Å²) in [6.07, 6.45) is -3.67. The number of hydrogen-bond donors (Lipinski definition) is 3. The number of nitrogens with zero attached hydrogens (tertiary/aromatic N) is 1. The molecule has 1 aliphatic heterocycles. The van der Waals surface area contributed by atoms with Crippen LogP contribution in [-0.4, -0.2) is 58.9 Å². The molecule has 3 aliphatic rings. The summed E-state index contributed by atoms with van der Waals surface area (Å²) in [5, 5.41) is 12.2. The summed E-state index contributed by atoms with van der Waals surface area (Å²) in [7, 11) is 1.53. The lowest BCUT2D eigenvalue weighted by Gasteiger charge is -2.63. The van der Waals surface area contributed by atoms with Gasteiger partial charge in [0.25, 0.3) is 11.5 Å². The third kappa shape index (κ3) is 3.18. The highest BCUT2D eigenvalue weighted by atomic mass is 19.4. The molecule has 0 spiro atoms. The largest absolute Gasteiger partial charge is 0.497 e. The maximum absolute atomic E-state index is 13.4. The Bertz CT molecular complexity index is 1210. The number of amides is 1. The maximum atomic E-state index is 13.4. The van der Waals surface area contributed by atoms with Gasteiger partial charge in [-0.3, -0.25) is 14.5 Å². The number of methoxy groups -OCH3 is 1. The van der Waals surface area contributed by atoms with E-state index in [-0.39, 0.29) is 37.8 Å². The molecule has 2 heterocycles. The molecule has 1 amide bonds. The number of hydrogen-bond acceptors (Lipinski definition) is 5. The van der Waals surface area contributed by atoms with Gasteiger partial charge in [0.1, 0.15) is 11.3 Å². The Balaban J connectivity index is 1.72. The number of nitrogens with two attached hydrogens (primary N) is 1. The van der Waals surface area contributed by atoms with Gasteiger partial charge >= 0.3 is 6.18 Å². The molecule has 5 rings (SSSR count). The first-order chi connectivity index (χ1) is 15.5. The normalized spacial score (nSPS) is 28.5. The van der Waals surface area contributed by atoms with Crippen LogP contribution in [0.2, 0.25) is 0 Å². The highest BCUT2D eigenvalue weighted by molar-refractivity contribution is 5.92. The van der Waals surface area contributed by atoms with Gasteiger partial charge < -0.3 is 20.6 Å². The first-order valence-electron chi connectivity index (χ1n) is 10.7. The summed E-state index contributed by atoms with van der Waals surface area (Å²) in [6.45, 7) is -0.964. The van der Waals surface area contributed by atoms with Gasteiger partial charge in [-0.25, -0.2) is 0 Å².